The Balaban J connectivity index is 1.52. The van der Waals surface area contributed by atoms with E-state index >= 15 is 0 Å². The lowest BCUT2D eigenvalue weighted by molar-refractivity contribution is -0.139. The second-order valence-corrected chi connectivity index (χ2v) is 12.4. The van der Waals surface area contributed by atoms with Gasteiger partial charge in [-0.05, 0) is 74.5 Å². The van der Waals surface area contributed by atoms with Gasteiger partial charge in [-0.25, -0.2) is 0 Å². The van der Waals surface area contributed by atoms with Crippen LogP contribution in [0.15, 0.2) is 91.0 Å². The van der Waals surface area contributed by atoms with Crippen LogP contribution in [0.3, 0.4) is 0 Å². The molecule has 5 nitrogen and oxygen atoms in total. The van der Waals surface area contributed by atoms with Crippen LogP contribution in [0.1, 0.15) is 57.2 Å². The van der Waals surface area contributed by atoms with Gasteiger partial charge in [0.15, 0.2) is 0 Å². The molecule has 2 aliphatic rings. The largest absolute Gasteiger partial charge is 0.416 e. The molecule has 236 valence electrons. The molecule has 0 spiro atoms. The zero-order valence-corrected chi connectivity index (χ0v) is 25.7. The summed E-state index contributed by atoms with van der Waals surface area (Å²) in [5, 5.41) is 13.5. The van der Waals surface area contributed by atoms with E-state index in [9.17, 15) is 28.0 Å². The van der Waals surface area contributed by atoms with Gasteiger partial charge in [-0.1, -0.05) is 72.8 Å². The average molecular weight is 633 g/mol. The van der Waals surface area contributed by atoms with Crippen LogP contribution in [0.25, 0.3) is 21.5 Å². The highest BCUT2D eigenvalue weighted by atomic mass is 19.4. The van der Waals surface area contributed by atoms with Gasteiger partial charge in [0, 0.05) is 31.3 Å². The Morgan fingerprint density at radius 1 is 0.872 bits per heavy atom. The summed E-state index contributed by atoms with van der Waals surface area (Å²) in [5.74, 6) is -2.96. The number of hydrogen-bond acceptors (Lipinski definition) is 4. The van der Waals surface area contributed by atoms with Crippen molar-refractivity contribution in [3.05, 3.63) is 130 Å². The molecule has 1 aliphatic heterocycles. The van der Waals surface area contributed by atoms with Crippen LogP contribution in [-0.2, 0) is 20.5 Å². The number of amides is 1. The molecule has 5 aromatic rings. The maximum atomic E-state index is 14.9. The highest BCUT2D eigenvalue weighted by molar-refractivity contribution is 6.12. The molecule has 0 saturated carbocycles. The molecule has 1 heterocycles. The number of nitrogens with zero attached hydrogens (tertiary/aromatic N) is 2. The number of fused-ring (bicyclic) bond motifs is 5. The van der Waals surface area contributed by atoms with Crippen LogP contribution >= 0.6 is 0 Å². The van der Waals surface area contributed by atoms with E-state index in [1.807, 2.05) is 49.4 Å². The molecule has 3 unspecified atom stereocenters. The number of ether oxygens (including phenoxy) is 1. The Morgan fingerprint density at radius 3 is 2.28 bits per heavy atom. The maximum absolute atomic E-state index is 14.9. The monoisotopic (exact) mass is 632 g/mol. The third-order valence-electron chi connectivity index (χ3n) is 9.70. The van der Waals surface area contributed by atoms with Gasteiger partial charge in [-0.15, -0.1) is 0 Å². The lowest BCUT2D eigenvalue weighted by Crippen LogP contribution is -2.44. The van der Waals surface area contributed by atoms with Crippen LogP contribution < -0.4 is 0 Å². The molecule has 3 atom stereocenters. The normalized spacial score (nSPS) is 19.9. The van der Waals surface area contributed by atoms with E-state index < -0.39 is 29.5 Å². The lowest BCUT2D eigenvalue weighted by atomic mass is 9.63. The van der Waals surface area contributed by atoms with Gasteiger partial charge in [0.1, 0.15) is 5.78 Å². The second-order valence-electron chi connectivity index (χ2n) is 12.4. The van der Waals surface area contributed by atoms with Crippen molar-refractivity contribution in [2.45, 2.75) is 31.4 Å². The molecule has 5 aromatic carbocycles. The summed E-state index contributed by atoms with van der Waals surface area (Å²) >= 11 is 0. The average Bonchev–Trinajstić information content (AvgIpc) is 3.09. The summed E-state index contributed by atoms with van der Waals surface area (Å²) in [5.41, 5.74) is 3.10. The molecular weight excluding hydrogens is 601 g/mol. The number of hydrogen-bond donors (Lipinski definition) is 0. The minimum atomic E-state index is -4.59. The number of morpholine rings is 1. The summed E-state index contributed by atoms with van der Waals surface area (Å²) < 4.78 is 47.3. The number of carbonyl (C=O) groups is 2. The molecule has 7 rings (SSSR count). The van der Waals surface area contributed by atoms with Crippen LogP contribution in [0.4, 0.5) is 13.2 Å². The lowest BCUT2D eigenvalue weighted by Gasteiger charge is -2.39. The minimum absolute atomic E-state index is 0.110. The van der Waals surface area contributed by atoms with Crippen molar-refractivity contribution in [2.24, 2.45) is 5.92 Å². The van der Waals surface area contributed by atoms with E-state index in [1.165, 1.54) is 6.07 Å². The summed E-state index contributed by atoms with van der Waals surface area (Å²) in [6, 6.07) is 28.1. The van der Waals surface area contributed by atoms with Crippen molar-refractivity contribution in [2.75, 3.05) is 26.3 Å². The Bertz CT molecular complexity index is 2070. The first kappa shape index (κ1) is 30.6. The predicted molar refractivity (Wildman–Crippen MR) is 173 cm³/mol. The fraction of sp³-hybridized carbons (Fsp3) is 0.256. The van der Waals surface area contributed by atoms with Crippen molar-refractivity contribution >= 4 is 33.2 Å². The van der Waals surface area contributed by atoms with E-state index in [0.717, 1.165) is 50.4 Å². The number of rotatable bonds is 4. The number of benzene rings is 5. The fourth-order valence-corrected chi connectivity index (χ4v) is 7.48. The predicted octanol–water partition coefficient (Wildman–Crippen LogP) is 7.90. The first-order valence-corrected chi connectivity index (χ1v) is 15.7. The summed E-state index contributed by atoms with van der Waals surface area (Å²) in [4.78, 5) is 30.4. The topological polar surface area (TPSA) is 70.4 Å². The van der Waals surface area contributed by atoms with Crippen LogP contribution in [0.2, 0.25) is 0 Å². The maximum Gasteiger partial charge on any atom is 0.416 e. The Hall–Kier alpha value is -5.00. The van der Waals surface area contributed by atoms with Gasteiger partial charge in [-0.3, -0.25) is 9.59 Å². The van der Waals surface area contributed by atoms with Crippen molar-refractivity contribution in [1.29, 1.82) is 5.26 Å². The zero-order chi connectivity index (χ0) is 32.9. The van der Waals surface area contributed by atoms with Crippen LogP contribution in [0, 0.1) is 24.2 Å². The summed E-state index contributed by atoms with van der Waals surface area (Å²) in [7, 11) is 0. The van der Waals surface area contributed by atoms with E-state index in [-0.39, 0.29) is 23.7 Å². The smallest absolute Gasteiger partial charge is 0.378 e. The molecule has 47 heavy (non-hydrogen) atoms. The molecule has 0 N–H and O–H groups in total. The van der Waals surface area contributed by atoms with Crippen LogP contribution in [-0.4, -0.2) is 42.9 Å². The second kappa shape index (κ2) is 12.0. The van der Waals surface area contributed by atoms with E-state index in [0.29, 0.717) is 37.4 Å². The van der Waals surface area contributed by atoms with Crippen molar-refractivity contribution < 1.29 is 27.5 Å². The minimum Gasteiger partial charge on any atom is -0.378 e. The molecule has 1 amide bonds. The first-order chi connectivity index (χ1) is 22.7. The van der Waals surface area contributed by atoms with Crippen LogP contribution in [0.5, 0.6) is 0 Å². The van der Waals surface area contributed by atoms with Crippen molar-refractivity contribution in [3.63, 3.8) is 0 Å². The van der Waals surface area contributed by atoms with E-state index in [2.05, 4.69) is 18.2 Å². The summed E-state index contributed by atoms with van der Waals surface area (Å²) in [6.07, 6.45) is -4.70. The molecule has 1 saturated heterocycles. The van der Waals surface area contributed by atoms with E-state index in [4.69, 9.17) is 4.74 Å². The quantitative estimate of drug-likeness (QED) is 0.189. The van der Waals surface area contributed by atoms with Gasteiger partial charge < -0.3 is 9.64 Å². The number of nitriles is 1. The number of halogens is 3. The zero-order valence-electron chi connectivity index (χ0n) is 25.7. The number of Topliss-reactive ketones (excluding diaryl/α,β-unsaturated/α-hetero) is 1. The molecule has 0 aromatic heterocycles. The van der Waals surface area contributed by atoms with Crippen molar-refractivity contribution in [1.82, 2.24) is 4.90 Å². The Labute approximate surface area is 270 Å². The number of aryl methyl sites for hydroxylation is 1. The molecule has 0 bridgehead atoms. The van der Waals surface area contributed by atoms with E-state index in [1.54, 1.807) is 23.1 Å². The third-order valence-corrected chi connectivity index (χ3v) is 9.70. The molecular formula is C39H31F3N2O3. The SMILES string of the molecule is Cc1cc2c3c(ccc2c2ccccc12)C(c1cccc(C(F)(F)F)c1)C(=O)C(CC(=O)N1CCOCC1)C3c1ccc(C#N)cc1. The molecule has 1 fully saturated rings. The number of ketones is 1. The van der Waals surface area contributed by atoms with Gasteiger partial charge in [0.25, 0.3) is 0 Å². The Morgan fingerprint density at radius 2 is 1.57 bits per heavy atom. The van der Waals surface area contributed by atoms with Gasteiger partial charge in [0.05, 0.1) is 36.3 Å². The number of alkyl halides is 3. The summed E-state index contributed by atoms with van der Waals surface area (Å²) in [6.45, 7) is 3.63. The third kappa shape index (κ3) is 5.45. The fourth-order valence-electron chi connectivity index (χ4n) is 7.48. The van der Waals surface area contributed by atoms with Crippen molar-refractivity contribution in [3.8, 4) is 6.07 Å². The first-order valence-electron chi connectivity index (χ1n) is 15.7. The van der Waals surface area contributed by atoms with Gasteiger partial charge in [0.2, 0.25) is 5.91 Å². The highest BCUT2D eigenvalue weighted by Gasteiger charge is 2.46. The highest BCUT2D eigenvalue weighted by Crippen LogP contribution is 2.51. The molecule has 8 heteroatoms. The van der Waals surface area contributed by atoms with Gasteiger partial charge >= 0.3 is 6.18 Å². The Kier molecular flexibility index (Phi) is 7.81. The molecule has 1 aliphatic carbocycles. The molecule has 0 radical (unpaired) electrons. The standard InChI is InChI=1S/C39H31F3N2O3/c1-23-19-32-30(29-8-3-2-7-28(23)29)13-14-31-36(26-5-4-6-27(20-26)39(40,41)42)38(46)33(21-34(45)44-15-17-47-18-16-44)35(37(31)32)25-11-9-24(22-43)10-12-25/h2-14,19-20,33,35-36H,15-18,21H2,1H3. The number of carbonyl (C=O) groups excluding carboxylic acids is 2. The van der Waals surface area contributed by atoms with Gasteiger partial charge in [-0.2, -0.15) is 18.4 Å².